The third-order valence-corrected chi connectivity index (χ3v) is 3.82. The van der Waals surface area contributed by atoms with Crippen LogP contribution in [0.25, 0.3) is 0 Å². The lowest BCUT2D eigenvalue weighted by Crippen LogP contribution is -2.42. The lowest BCUT2D eigenvalue weighted by molar-refractivity contribution is 0.104. The Labute approximate surface area is 121 Å². The van der Waals surface area contributed by atoms with Crippen LogP contribution < -0.4 is 10.1 Å². The number of para-hydroxylation sites is 1. The second-order valence-corrected chi connectivity index (χ2v) is 5.68. The minimum Gasteiger partial charge on any atom is -0.491 e. The van der Waals surface area contributed by atoms with E-state index in [2.05, 4.69) is 24.2 Å². The number of hydrogen-bond acceptors (Lipinski definition) is 4. The first-order valence-electron chi connectivity index (χ1n) is 7.45. The number of hydrogen-bond donors (Lipinski definition) is 2. The van der Waals surface area contributed by atoms with Gasteiger partial charge in [0.1, 0.15) is 18.5 Å². The van der Waals surface area contributed by atoms with Crippen molar-refractivity contribution in [1.82, 2.24) is 10.2 Å². The van der Waals surface area contributed by atoms with Crippen molar-refractivity contribution >= 4 is 0 Å². The molecule has 4 heteroatoms. The molecular formula is C16H26N2O2. The highest BCUT2D eigenvalue weighted by atomic mass is 16.5. The summed E-state index contributed by atoms with van der Waals surface area (Å²) in [6, 6.07) is 10.9. The molecule has 1 aromatic carbocycles. The highest BCUT2D eigenvalue weighted by Crippen LogP contribution is 2.26. The molecule has 1 fully saturated rings. The largest absolute Gasteiger partial charge is 0.491 e. The van der Waals surface area contributed by atoms with E-state index in [1.54, 1.807) is 0 Å². The number of nitrogens with one attached hydrogen (secondary N) is 1. The highest BCUT2D eigenvalue weighted by molar-refractivity contribution is 5.20. The molecule has 0 amide bonds. The Morgan fingerprint density at radius 2 is 2.00 bits per heavy atom. The van der Waals surface area contributed by atoms with Crippen LogP contribution in [0.15, 0.2) is 30.3 Å². The van der Waals surface area contributed by atoms with Crippen LogP contribution in [0.3, 0.4) is 0 Å². The van der Waals surface area contributed by atoms with Gasteiger partial charge in [-0.1, -0.05) is 18.2 Å². The van der Waals surface area contributed by atoms with Gasteiger partial charge >= 0.3 is 0 Å². The second kappa shape index (κ2) is 7.62. The molecule has 0 saturated heterocycles. The lowest BCUT2D eigenvalue weighted by Gasteiger charge is -2.25. The van der Waals surface area contributed by atoms with E-state index >= 15 is 0 Å². The van der Waals surface area contributed by atoms with Gasteiger partial charge in [0.2, 0.25) is 0 Å². The van der Waals surface area contributed by atoms with Crippen LogP contribution in [-0.4, -0.2) is 54.9 Å². The quantitative estimate of drug-likeness (QED) is 0.718. The van der Waals surface area contributed by atoms with Gasteiger partial charge in [-0.05, 0) is 38.9 Å². The fourth-order valence-corrected chi connectivity index (χ4v) is 2.21. The van der Waals surface area contributed by atoms with Gasteiger partial charge in [-0.25, -0.2) is 0 Å². The van der Waals surface area contributed by atoms with Gasteiger partial charge in [0, 0.05) is 25.2 Å². The first-order chi connectivity index (χ1) is 9.66. The van der Waals surface area contributed by atoms with Crippen LogP contribution in [0.2, 0.25) is 0 Å². The molecule has 0 aliphatic heterocycles. The Kier molecular flexibility index (Phi) is 5.83. The molecule has 0 aromatic heterocycles. The van der Waals surface area contributed by atoms with E-state index in [1.165, 1.54) is 12.8 Å². The van der Waals surface area contributed by atoms with Crippen LogP contribution in [0.5, 0.6) is 5.75 Å². The minimum atomic E-state index is -0.478. The average molecular weight is 278 g/mol. The summed E-state index contributed by atoms with van der Waals surface area (Å²) in [6.45, 7) is 4.01. The molecule has 2 atom stereocenters. The van der Waals surface area contributed by atoms with Crippen LogP contribution in [0.1, 0.15) is 19.8 Å². The van der Waals surface area contributed by atoms with Crippen molar-refractivity contribution in [2.45, 2.75) is 38.0 Å². The van der Waals surface area contributed by atoms with Gasteiger partial charge in [0.05, 0.1) is 0 Å². The topological polar surface area (TPSA) is 44.7 Å². The fraction of sp³-hybridized carbons (Fsp3) is 0.625. The molecule has 1 aromatic rings. The molecule has 1 aliphatic carbocycles. The predicted molar refractivity (Wildman–Crippen MR) is 81.1 cm³/mol. The summed E-state index contributed by atoms with van der Waals surface area (Å²) in [5, 5.41) is 13.2. The molecule has 112 valence electrons. The van der Waals surface area contributed by atoms with E-state index in [4.69, 9.17) is 4.74 Å². The normalized spacial score (nSPS) is 18.0. The fourth-order valence-electron chi connectivity index (χ4n) is 2.21. The maximum atomic E-state index is 9.88. The van der Waals surface area contributed by atoms with Crippen LogP contribution in [0, 0.1) is 0 Å². The summed E-state index contributed by atoms with van der Waals surface area (Å²) in [7, 11) is 2.18. The predicted octanol–water partition coefficient (Wildman–Crippen LogP) is 1.50. The molecule has 1 aliphatic rings. The molecule has 20 heavy (non-hydrogen) atoms. The summed E-state index contributed by atoms with van der Waals surface area (Å²) in [5.41, 5.74) is 0. The van der Waals surface area contributed by atoms with Gasteiger partial charge in [0.25, 0.3) is 0 Å². The van der Waals surface area contributed by atoms with Crippen molar-refractivity contribution in [2.24, 2.45) is 0 Å². The maximum Gasteiger partial charge on any atom is 0.119 e. The Balaban J connectivity index is 1.56. The van der Waals surface area contributed by atoms with Crippen LogP contribution in [0.4, 0.5) is 0 Å². The lowest BCUT2D eigenvalue weighted by atomic mass is 10.2. The summed E-state index contributed by atoms with van der Waals surface area (Å²) in [5.74, 6) is 0.799. The molecular weight excluding hydrogens is 252 g/mol. The van der Waals surface area contributed by atoms with Crippen molar-refractivity contribution in [1.29, 1.82) is 0 Å². The molecule has 2 rings (SSSR count). The zero-order chi connectivity index (χ0) is 14.4. The Morgan fingerprint density at radius 1 is 1.30 bits per heavy atom. The number of ether oxygens (including phenoxy) is 1. The first kappa shape index (κ1) is 15.3. The van der Waals surface area contributed by atoms with Crippen LogP contribution in [-0.2, 0) is 0 Å². The summed E-state index contributed by atoms with van der Waals surface area (Å²) >= 11 is 0. The molecule has 4 nitrogen and oxygen atoms in total. The first-order valence-corrected chi connectivity index (χ1v) is 7.45. The molecule has 0 spiro atoms. The Bertz CT molecular complexity index is 381. The number of aliphatic hydroxyl groups is 1. The summed E-state index contributed by atoms with van der Waals surface area (Å²) in [6.07, 6.45) is 2.18. The standard InChI is InChI=1S/C16H26N2O2/c1-13(18(2)14-8-9-14)10-17-11-15(19)12-20-16-6-4-3-5-7-16/h3-7,13-15,17,19H,8-12H2,1-2H3. The number of aliphatic hydroxyl groups excluding tert-OH is 1. The van der Waals surface area contributed by atoms with Gasteiger partial charge in [0.15, 0.2) is 0 Å². The zero-order valence-corrected chi connectivity index (χ0v) is 12.5. The average Bonchev–Trinajstić information content (AvgIpc) is 3.30. The van der Waals surface area contributed by atoms with Crippen LogP contribution >= 0.6 is 0 Å². The van der Waals surface area contributed by atoms with Crippen molar-refractivity contribution in [3.8, 4) is 5.75 Å². The van der Waals surface area contributed by atoms with Gasteiger partial charge in [-0.2, -0.15) is 0 Å². The monoisotopic (exact) mass is 278 g/mol. The molecule has 0 radical (unpaired) electrons. The van der Waals surface area contributed by atoms with Gasteiger partial charge < -0.3 is 15.2 Å². The Morgan fingerprint density at radius 3 is 2.65 bits per heavy atom. The van der Waals surface area contributed by atoms with Gasteiger partial charge in [-0.3, -0.25) is 4.90 Å². The number of rotatable bonds is 9. The van der Waals surface area contributed by atoms with Crippen molar-refractivity contribution in [3.63, 3.8) is 0 Å². The third kappa shape index (κ3) is 5.12. The molecule has 0 heterocycles. The molecule has 0 bridgehead atoms. The van der Waals surface area contributed by atoms with Gasteiger partial charge in [-0.15, -0.1) is 0 Å². The van der Waals surface area contributed by atoms with E-state index in [-0.39, 0.29) is 0 Å². The third-order valence-electron chi connectivity index (χ3n) is 3.82. The van der Waals surface area contributed by atoms with Crippen molar-refractivity contribution in [2.75, 3.05) is 26.7 Å². The van der Waals surface area contributed by atoms with E-state index in [1.807, 2.05) is 30.3 Å². The maximum absolute atomic E-state index is 9.88. The smallest absolute Gasteiger partial charge is 0.119 e. The van der Waals surface area contributed by atoms with Crippen molar-refractivity contribution < 1.29 is 9.84 Å². The van der Waals surface area contributed by atoms with E-state index < -0.39 is 6.10 Å². The summed E-state index contributed by atoms with van der Waals surface area (Å²) in [4.78, 5) is 2.42. The molecule has 2 unspecified atom stereocenters. The number of likely N-dealkylation sites (N-methyl/N-ethyl adjacent to an activating group) is 1. The summed E-state index contributed by atoms with van der Waals surface area (Å²) < 4.78 is 5.52. The Hall–Kier alpha value is -1.10. The molecule has 2 N–H and O–H groups in total. The minimum absolute atomic E-state index is 0.323. The SMILES string of the molecule is CC(CNCC(O)COc1ccccc1)N(C)C1CC1. The van der Waals surface area contributed by atoms with E-state index in [0.717, 1.165) is 18.3 Å². The number of nitrogens with zero attached hydrogens (tertiary/aromatic N) is 1. The van der Waals surface area contributed by atoms with E-state index in [0.29, 0.717) is 19.2 Å². The highest BCUT2D eigenvalue weighted by Gasteiger charge is 2.28. The molecule has 1 saturated carbocycles. The van der Waals surface area contributed by atoms with Crippen molar-refractivity contribution in [3.05, 3.63) is 30.3 Å². The van der Waals surface area contributed by atoms with E-state index in [9.17, 15) is 5.11 Å². The zero-order valence-electron chi connectivity index (χ0n) is 12.5. The second-order valence-electron chi connectivity index (χ2n) is 5.68. The number of benzene rings is 1.